The third-order valence-corrected chi connectivity index (χ3v) is 4.18. The van der Waals surface area contributed by atoms with E-state index in [0.717, 1.165) is 32.4 Å². The number of alkyl halides is 3. The highest BCUT2D eigenvalue weighted by atomic mass is 19.4. The largest absolute Gasteiger partial charge is 0.390 e. The highest BCUT2D eigenvalue weighted by molar-refractivity contribution is 5.79. The lowest BCUT2D eigenvalue weighted by molar-refractivity contribution is -0.132. The first-order chi connectivity index (χ1) is 11.0. The van der Waals surface area contributed by atoms with Gasteiger partial charge in [-0.25, -0.2) is 0 Å². The predicted octanol–water partition coefficient (Wildman–Crippen LogP) is 3.47. The summed E-state index contributed by atoms with van der Waals surface area (Å²) in [4.78, 5) is 6.16. The summed E-state index contributed by atoms with van der Waals surface area (Å²) >= 11 is 0. The van der Waals surface area contributed by atoms with Crippen molar-refractivity contribution in [3.05, 3.63) is 35.9 Å². The number of hydrogen-bond donors (Lipinski definition) is 1. The Bertz CT molecular complexity index is 492. The van der Waals surface area contributed by atoms with Gasteiger partial charge in [0.25, 0.3) is 0 Å². The van der Waals surface area contributed by atoms with Crippen LogP contribution < -0.4 is 5.32 Å². The molecule has 1 aliphatic rings. The first-order valence-corrected chi connectivity index (χ1v) is 8.04. The van der Waals surface area contributed by atoms with E-state index in [0.29, 0.717) is 11.9 Å². The van der Waals surface area contributed by atoms with Crippen LogP contribution in [0.3, 0.4) is 0 Å². The second-order valence-corrected chi connectivity index (χ2v) is 5.96. The fraction of sp³-hybridized carbons (Fsp3) is 0.588. The van der Waals surface area contributed by atoms with Crippen molar-refractivity contribution in [2.75, 3.05) is 26.7 Å². The van der Waals surface area contributed by atoms with Gasteiger partial charge in [0.15, 0.2) is 5.96 Å². The fourth-order valence-electron chi connectivity index (χ4n) is 2.94. The van der Waals surface area contributed by atoms with Crippen molar-refractivity contribution in [2.24, 2.45) is 10.9 Å². The van der Waals surface area contributed by atoms with Crippen molar-refractivity contribution in [1.29, 1.82) is 0 Å². The summed E-state index contributed by atoms with van der Waals surface area (Å²) in [6.45, 7) is 1.55. The van der Waals surface area contributed by atoms with Gasteiger partial charge in [0.1, 0.15) is 0 Å². The van der Waals surface area contributed by atoms with Gasteiger partial charge in [-0.2, -0.15) is 13.2 Å². The van der Waals surface area contributed by atoms with Crippen LogP contribution in [0.25, 0.3) is 0 Å². The van der Waals surface area contributed by atoms with Gasteiger partial charge < -0.3 is 10.2 Å². The molecule has 1 aliphatic heterocycles. The van der Waals surface area contributed by atoms with Gasteiger partial charge in [0, 0.05) is 26.7 Å². The minimum atomic E-state index is -4.13. The van der Waals surface area contributed by atoms with Crippen LogP contribution in [0, 0.1) is 5.92 Å². The number of benzene rings is 1. The molecule has 0 radical (unpaired) electrons. The number of nitrogens with one attached hydrogen (secondary N) is 1. The fourth-order valence-corrected chi connectivity index (χ4v) is 2.94. The van der Waals surface area contributed by atoms with E-state index < -0.39 is 12.6 Å². The molecule has 0 amide bonds. The van der Waals surface area contributed by atoms with Gasteiger partial charge in [-0.1, -0.05) is 30.3 Å². The van der Waals surface area contributed by atoms with Crippen molar-refractivity contribution >= 4 is 5.96 Å². The molecule has 0 spiro atoms. The lowest BCUT2D eigenvalue weighted by atomic mass is 9.90. The predicted molar refractivity (Wildman–Crippen MR) is 86.5 cm³/mol. The molecule has 1 heterocycles. The molecule has 0 atom stereocenters. The Kier molecular flexibility index (Phi) is 6.30. The molecule has 1 aromatic rings. The van der Waals surface area contributed by atoms with Crippen LogP contribution in [0.5, 0.6) is 0 Å². The van der Waals surface area contributed by atoms with Crippen LogP contribution in [0.4, 0.5) is 13.2 Å². The summed E-state index contributed by atoms with van der Waals surface area (Å²) in [6.07, 6.45) is -1.83. The average molecular weight is 327 g/mol. The number of likely N-dealkylation sites (tertiary alicyclic amines) is 1. The summed E-state index contributed by atoms with van der Waals surface area (Å²) < 4.78 is 36.7. The maximum absolute atomic E-state index is 12.2. The van der Waals surface area contributed by atoms with Crippen molar-refractivity contribution < 1.29 is 13.2 Å². The number of aliphatic imine (C=N–C) groups is 1. The van der Waals surface area contributed by atoms with E-state index in [2.05, 4.69) is 39.5 Å². The normalized spacial score (nSPS) is 17.4. The zero-order chi connectivity index (χ0) is 16.7. The van der Waals surface area contributed by atoms with Crippen LogP contribution in [0.15, 0.2) is 35.3 Å². The number of rotatable bonds is 4. The van der Waals surface area contributed by atoms with Gasteiger partial charge in [-0.05, 0) is 30.7 Å². The van der Waals surface area contributed by atoms with Crippen molar-refractivity contribution in [2.45, 2.75) is 31.9 Å². The Morgan fingerprint density at radius 3 is 2.43 bits per heavy atom. The number of guanidine groups is 1. The molecule has 3 nitrogen and oxygen atoms in total. The minimum absolute atomic E-state index is 0.125. The maximum atomic E-state index is 12.2. The van der Waals surface area contributed by atoms with Crippen LogP contribution in [0.1, 0.15) is 24.8 Å². The number of nitrogens with zero attached hydrogens (tertiary/aromatic N) is 2. The van der Waals surface area contributed by atoms with E-state index >= 15 is 0 Å². The van der Waals surface area contributed by atoms with Gasteiger partial charge in [-0.15, -0.1) is 0 Å². The summed E-state index contributed by atoms with van der Waals surface area (Å²) in [5.41, 5.74) is 1.35. The summed E-state index contributed by atoms with van der Waals surface area (Å²) in [5.74, 6) is 1.20. The molecule has 0 aromatic heterocycles. The van der Waals surface area contributed by atoms with E-state index in [-0.39, 0.29) is 6.54 Å². The van der Waals surface area contributed by atoms with Crippen LogP contribution in [-0.2, 0) is 6.42 Å². The molecule has 1 fully saturated rings. The van der Waals surface area contributed by atoms with Crippen LogP contribution >= 0.6 is 0 Å². The minimum Gasteiger partial charge on any atom is -0.356 e. The molecule has 2 rings (SSSR count). The standard InChI is InChI=1S/C17H24F3N3/c1-21-16(22-10-9-17(18,19)20)23-11-7-15(8-12-23)13-14-5-3-2-4-6-14/h2-6,15H,7-13H2,1H3,(H,21,22). The SMILES string of the molecule is CN=C(NCCC(F)(F)F)N1CCC(Cc2ccccc2)CC1. The molecular formula is C17H24F3N3. The molecule has 6 heteroatoms. The molecule has 128 valence electrons. The summed E-state index contributed by atoms with van der Waals surface area (Å²) in [5, 5.41) is 2.82. The highest BCUT2D eigenvalue weighted by Gasteiger charge is 2.27. The monoisotopic (exact) mass is 327 g/mol. The molecule has 0 bridgehead atoms. The Labute approximate surface area is 135 Å². The van der Waals surface area contributed by atoms with Crippen molar-refractivity contribution in [3.8, 4) is 0 Å². The zero-order valence-corrected chi connectivity index (χ0v) is 13.4. The maximum Gasteiger partial charge on any atom is 0.390 e. The van der Waals surface area contributed by atoms with Gasteiger partial charge in [-0.3, -0.25) is 4.99 Å². The average Bonchev–Trinajstić information content (AvgIpc) is 2.53. The van der Waals surface area contributed by atoms with E-state index in [1.807, 2.05) is 6.07 Å². The highest BCUT2D eigenvalue weighted by Crippen LogP contribution is 2.22. The Balaban J connectivity index is 1.76. The Morgan fingerprint density at radius 2 is 1.87 bits per heavy atom. The summed E-state index contributed by atoms with van der Waals surface area (Å²) in [6, 6.07) is 10.4. The third kappa shape index (κ3) is 6.12. The van der Waals surface area contributed by atoms with Crippen molar-refractivity contribution in [3.63, 3.8) is 0 Å². The molecule has 0 unspecified atom stereocenters. The molecule has 23 heavy (non-hydrogen) atoms. The quantitative estimate of drug-likeness (QED) is 0.677. The van der Waals surface area contributed by atoms with Gasteiger partial charge >= 0.3 is 6.18 Å². The molecule has 0 saturated carbocycles. The lowest BCUT2D eigenvalue weighted by Crippen LogP contribution is -2.46. The number of piperidine rings is 1. The van der Waals surface area contributed by atoms with Crippen molar-refractivity contribution in [1.82, 2.24) is 10.2 Å². The Morgan fingerprint density at radius 1 is 1.22 bits per heavy atom. The topological polar surface area (TPSA) is 27.6 Å². The third-order valence-electron chi connectivity index (χ3n) is 4.18. The second kappa shape index (κ2) is 8.22. The second-order valence-electron chi connectivity index (χ2n) is 5.96. The molecule has 1 saturated heterocycles. The van der Waals surface area contributed by atoms with E-state index in [1.54, 1.807) is 7.05 Å². The molecular weight excluding hydrogens is 303 g/mol. The van der Waals surface area contributed by atoms with E-state index in [9.17, 15) is 13.2 Å². The number of hydrogen-bond acceptors (Lipinski definition) is 1. The van der Waals surface area contributed by atoms with E-state index in [1.165, 1.54) is 5.56 Å². The zero-order valence-electron chi connectivity index (χ0n) is 13.4. The van der Waals surface area contributed by atoms with Crippen LogP contribution in [0.2, 0.25) is 0 Å². The molecule has 1 N–H and O–H groups in total. The first kappa shape index (κ1) is 17.6. The van der Waals surface area contributed by atoms with Gasteiger partial charge in [0.2, 0.25) is 0 Å². The van der Waals surface area contributed by atoms with E-state index in [4.69, 9.17) is 0 Å². The Hall–Kier alpha value is -1.72. The smallest absolute Gasteiger partial charge is 0.356 e. The molecule has 1 aromatic carbocycles. The van der Waals surface area contributed by atoms with Gasteiger partial charge in [0.05, 0.1) is 6.42 Å². The van der Waals surface area contributed by atoms with Crippen LogP contribution in [-0.4, -0.2) is 43.7 Å². The summed E-state index contributed by atoms with van der Waals surface area (Å²) in [7, 11) is 1.62. The number of halogens is 3. The molecule has 0 aliphatic carbocycles. The lowest BCUT2D eigenvalue weighted by Gasteiger charge is -2.34. The first-order valence-electron chi connectivity index (χ1n) is 8.04.